The Labute approximate surface area is 129 Å². The summed E-state index contributed by atoms with van der Waals surface area (Å²) in [5, 5.41) is 0.436. The first-order valence-corrected chi connectivity index (χ1v) is 7.22. The number of hydrogen-bond donors (Lipinski definition) is 0. The molecular formula is C13H6Br2ClF3. The minimum atomic E-state index is -0.955. The lowest BCUT2D eigenvalue weighted by Gasteiger charge is -2.15. The van der Waals surface area contributed by atoms with Crippen LogP contribution in [0.2, 0.25) is 5.02 Å². The smallest absolute Gasteiger partial charge is 0.133 e. The van der Waals surface area contributed by atoms with Crippen molar-refractivity contribution in [3.8, 4) is 0 Å². The lowest BCUT2D eigenvalue weighted by molar-refractivity contribution is 0.527. The number of halogens is 6. The molecule has 0 fully saturated rings. The second kappa shape index (κ2) is 5.85. The van der Waals surface area contributed by atoms with E-state index in [-0.39, 0.29) is 5.56 Å². The predicted octanol–water partition coefficient (Wildman–Crippen LogP) is 6.00. The molecule has 0 bridgehead atoms. The Hall–Kier alpha value is -0.520. The fourth-order valence-corrected chi connectivity index (χ4v) is 3.44. The van der Waals surface area contributed by atoms with Crippen molar-refractivity contribution in [3.05, 3.63) is 68.4 Å². The van der Waals surface area contributed by atoms with Crippen molar-refractivity contribution in [1.82, 2.24) is 0 Å². The summed E-state index contributed by atoms with van der Waals surface area (Å²) in [4.78, 5) is -0.777. The average Bonchev–Trinajstić information content (AvgIpc) is 2.30. The molecule has 1 unspecified atom stereocenters. The lowest BCUT2D eigenvalue weighted by atomic mass is 10.0. The second-order valence-electron chi connectivity index (χ2n) is 3.81. The summed E-state index contributed by atoms with van der Waals surface area (Å²) in [5.74, 6) is -2.86. The molecule has 0 radical (unpaired) electrons. The van der Waals surface area contributed by atoms with Gasteiger partial charge in [0.25, 0.3) is 0 Å². The summed E-state index contributed by atoms with van der Waals surface area (Å²) in [7, 11) is 0. The molecule has 6 heteroatoms. The van der Waals surface area contributed by atoms with Crippen molar-refractivity contribution in [2.45, 2.75) is 4.83 Å². The van der Waals surface area contributed by atoms with Crippen molar-refractivity contribution in [3.63, 3.8) is 0 Å². The van der Waals surface area contributed by atoms with Crippen molar-refractivity contribution in [2.24, 2.45) is 0 Å². The molecule has 0 heterocycles. The number of hydrogen-bond acceptors (Lipinski definition) is 0. The SMILES string of the molecule is Fc1cc(F)c(C(Br)c2cc(Cl)ccc2Br)c(F)c1. The van der Waals surface area contributed by atoms with Crippen LogP contribution in [-0.2, 0) is 0 Å². The summed E-state index contributed by atoms with van der Waals surface area (Å²) < 4.78 is 41.0. The lowest BCUT2D eigenvalue weighted by Crippen LogP contribution is -2.02. The van der Waals surface area contributed by atoms with E-state index in [1.54, 1.807) is 18.2 Å². The van der Waals surface area contributed by atoms with E-state index >= 15 is 0 Å². The summed E-state index contributed by atoms with van der Waals surface area (Å²) in [6, 6.07) is 6.18. The molecule has 0 saturated carbocycles. The first-order valence-electron chi connectivity index (χ1n) is 5.13. The molecule has 0 saturated heterocycles. The van der Waals surface area contributed by atoms with Gasteiger partial charge in [0.1, 0.15) is 17.5 Å². The van der Waals surface area contributed by atoms with Gasteiger partial charge >= 0.3 is 0 Å². The third-order valence-corrected chi connectivity index (χ3v) is 4.44. The zero-order valence-electron chi connectivity index (χ0n) is 9.23. The van der Waals surface area contributed by atoms with Crippen LogP contribution in [0.4, 0.5) is 13.2 Å². The van der Waals surface area contributed by atoms with Crippen molar-refractivity contribution in [2.75, 3.05) is 0 Å². The largest absolute Gasteiger partial charge is 0.207 e. The van der Waals surface area contributed by atoms with Gasteiger partial charge in [0.15, 0.2) is 0 Å². The van der Waals surface area contributed by atoms with Crippen LogP contribution >= 0.6 is 43.5 Å². The highest BCUT2D eigenvalue weighted by Crippen LogP contribution is 2.39. The van der Waals surface area contributed by atoms with Gasteiger partial charge in [-0.2, -0.15) is 0 Å². The average molecular weight is 414 g/mol. The highest BCUT2D eigenvalue weighted by molar-refractivity contribution is 9.11. The molecule has 2 rings (SSSR count). The normalized spacial score (nSPS) is 12.5. The molecule has 0 aliphatic carbocycles. The molecule has 2 aromatic carbocycles. The molecule has 0 nitrogen and oxygen atoms in total. The van der Waals surface area contributed by atoms with Crippen LogP contribution in [-0.4, -0.2) is 0 Å². The van der Waals surface area contributed by atoms with E-state index in [4.69, 9.17) is 11.6 Å². The van der Waals surface area contributed by atoms with E-state index in [9.17, 15) is 13.2 Å². The Morgan fingerprint density at radius 2 is 1.58 bits per heavy atom. The molecule has 0 amide bonds. The van der Waals surface area contributed by atoms with E-state index in [2.05, 4.69) is 31.9 Å². The zero-order chi connectivity index (χ0) is 14.2. The van der Waals surface area contributed by atoms with Gasteiger partial charge in [-0.15, -0.1) is 0 Å². The Morgan fingerprint density at radius 1 is 1.00 bits per heavy atom. The Kier molecular flexibility index (Phi) is 4.58. The molecule has 0 aromatic heterocycles. The highest BCUT2D eigenvalue weighted by atomic mass is 79.9. The Bertz CT molecular complexity index is 608. The van der Waals surface area contributed by atoms with Crippen molar-refractivity contribution >= 4 is 43.5 Å². The van der Waals surface area contributed by atoms with Crippen LogP contribution in [0.5, 0.6) is 0 Å². The minimum Gasteiger partial charge on any atom is -0.207 e. The first-order chi connectivity index (χ1) is 8.90. The Balaban J connectivity index is 2.56. The third kappa shape index (κ3) is 3.15. The van der Waals surface area contributed by atoms with Gasteiger partial charge in [-0.3, -0.25) is 0 Å². The van der Waals surface area contributed by atoms with E-state index in [0.29, 0.717) is 27.2 Å². The van der Waals surface area contributed by atoms with Crippen LogP contribution in [0.1, 0.15) is 16.0 Å². The van der Waals surface area contributed by atoms with Crippen LogP contribution in [0.15, 0.2) is 34.8 Å². The summed E-state index contributed by atoms with van der Waals surface area (Å²) in [6.07, 6.45) is 0. The summed E-state index contributed by atoms with van der Waals surface area (Å²) in [5.41, 5.74) is 0.293. The maximum Gasteiger partial charge on any atom is 0.133 e. The van der Waals surface area contributed by atoms with Gasteiger partial charge in [-0.1, -0.05) is 43.5 Å². The van der Waals surface area contributed by atoms with Gasteiger partial charge in [0, 0.05) is 27.2 Å². The van der Waals surface area contributed by atoms with E-state index in [0.717, 1.165) is 0 Å². The van der Waals surface area contributed by atoms with Gasteiger partial charge in [-0.05, 0) is 23.8 Å². The van der Waals surface area contributed by atoms with E-state index in [1.165, 1.54) is 0 Å². The van der Waals surface area contributed by atoms with Crippen molar-refractivity contribution in [1.29, 1.82) is 0 Å². The standard InChI is InChI=1S/C13H6Br2ClF3/c14-9-2-1-6(16)3-8(9)13(15)12-10(18)4-7(17)5-11(12)19/h1-5,13H. The molecule has 0 N–H and O–H groups in total. The van der Waals surface area contributed by atoms with E-state index in [1.807, 2.05) is 0 Å². The first kappa shape index (κ1) is 14.9. The van der Waals surface area contributed by atoms with Crippen LogP contribution in [0.3, 0.4) is 0 Å². The summed E-state index contributed by atoms with van der Waals surface area (Å²) >= 11 is 12.4. The van der Waals surface area contributed by atoms with Gasteiger partial charge in [0.05, 0.1) is 4.83 Å². The monoisotopic (exact) mass is 412 g/mol. The molecule has 100 valence electrons. The van der Waals surface area contributed by atoms with Gasteiger partial charge < -0.3 is 0 Å². The van der Waals surface area contributed by atoms with Gasteiger partial charge in [0.2, 0.25) is 0 Å². The third-order valence-electron chi connectivity index (χ3n) is 2.53. The zero-order valence-corrected chi connectivity index (χ0v) is 13.2. The fourth-order valence-electron chi connectivity index (χ4n) is 1.66. The second-order valence-corrected chi connectivity index (χ2v) is 6.02. The predicted molar refractivity (Wildman–Crippen MR) is 76.2 cm³/mol. The molecule has 0 aliphatic heterocycles. The molecule has 19 heavy (non-hydrogen) atoms. The van der Waals surface area contributed by atoms with Crippen LogP contribution in [0, 0.1) is 17.5 Å². The maximum atomic E-state index is 13.7. The molecular weight excluding hydrogens is 408 g/mol. The van der Waals surface area contributed by atoms with Crippen LogP contribution in [0.25, 0.3) is 0 Å². The highest BCUT2D eigenvalue weighted by Gasteiger charge is 2.22. The minimum absolute atomic E-state index is 0.260. The van der Waals surface area contributed by atoms with E-state index < -0.39 is 22.3 Å². The molecule has 0 aliphatic rings. The topological polar surface area (TPSA) is 0 Å². The van der Waals surface area contributed by atoms with Gasteiger partial charge in [-0.25, -0.2) is 13.2 Å². The van der Waals surface area contributed by atoms with Crippen LogP contribution < -0.4 is 0 Å². The molecule has 1 atom stereocenters. The summed E-state index contributed by atoms with van der Waals surface area (Å²) in [6.45, 7) is 0. The number of benzene rings is 2. The molecule has 0 spiro atoms. The maximum absolute atomic E-state index is 13.7. The fraction of sp³-hybridized carbons (Fsp3) is 0.0769. The number of alkyl halides is 1. The van der Waals surface area contributed by atoms with Crippen molar-refractivity contribution < 1.29 is 13.2 Å². The number of rotatable bonds is 2. The molecule has 2 aromatic rings. The Morgan fingerprint density at radius 3 is 2.16 bits per heavy atom. The quantitative estimate of drug-likeness (QED) is 0.529.